The first-order valence-corrected chi connectivity index (χ1v) is 4.34. The minimum atomic E-state index is -1.80. The maximum atomic E-state index is 11.5. The first-order valence-electron chi connectivity index (χ1n) is 4.34. The molecule has 1 rings (SSSR count). The van der Waals surface area contributed by atoms with Crippen molar-refractivity contribution in [2.45, 2.75) is 6.10 Å². The number of aliphatic hydroxyl groups excluding tert-OH is 1. The molecule has 0 aromatic heterocycles. The second-order valence-corrected chi connectivity index (χ2v) is 3.04. The Kier molecular flexibility index (Phi) is 3.41. The number of benzene rings is 1. The van der Waals surface area contributed by atoms with Gasteiger partial charge in [0.05, 0.1) is 0 Å². The summed E-state index contributed by atoms with van der Waals surface area (Å²) < 4.78 is 0. The van der Waals surface area contributed by atoms with Crippen molar-refractivity contribution >= 4 is 17.5 Å². The molecule has 0 spiro atoms. The molecule has 0 fully saturated rings. The van der Waals surface area contributed by atoms with Gasteiger partial charge in [-0.15, -0.1) is 0 Å². The van der Waals surface area contributed by atoms with Gasteiger partial charge in [-0.05, 0) is 12.1 Å². The van der Waals surface area contributed by atoms with Crippen LogP contribution in [0.1, 0.15) is 0 Å². The fourth-order valence-corrected chi connectivity index (χ4v) is 1.08. The van der Waals surface area contributed by atoms with Crippen molar-refractivity contribution in [3.63, 3.8) is 0 Å². The molecule has 2 amide bonds. The summed E-state index contributed by atoms with van der Waals surface area (Å²) in [5.74, 6) is -1.79. The van der Waals surface area contributed by atoms with Gasteiger partial charge in [0, 0.05) is 12.7 Å². The van der Waals surface area contributed by atoms with Crippen molar-refractivity contribution in [3.8, 4) is 0 Å². The molecule has 0 heterocycles. The monoisotopic (exact) mass is 208 g/mol. The number of para-hydroxylation sites is 1. The van der Waals surface area contributed by atoms with Crippen molar-refractivity contribution in [2.24, 2.45) is 5.73 Å². The van der Waals surface area contributed by atoms with Crippen molar-refractivity contribution < 1.29 is 14.7 Å². The van der Waals surface area contributed by atoms with E-state index in [1.54, 1.807) is 30.3 Å². The number of nitrogens with two attached hydrogens (primary N) is 1. The van der Waals surface area contributed by atoms with E-state index in [2.05, 4.69) is 0 Å². The molecule has 0 radical (unpaired) electrons. The molecule has 0 saturated carbocycles. The quantitative estimate of drug-likeness (QED) is 0.656. The van der Waals surface area contributed by atoms with Crippen LogP contribution in [-0.4, -0.2) is 30.1 Å². The molecular formula is C10H12N2O3. The zero-order valence-corrected chi connectivity index (χ0v) is 8.25. The molecule has 0 aliphatic heterocycles. The highest BCUT2D eigenvalue weighted by Gasteiger charge is 2.24. The molecule has 80 valence electrons. The predicted octanol–water partition coefficient (Wildman–Crippen LogP) is -0.504. The van der Waals surface area contributed by atoms with Gasteiger partial charge in [0.15, 0.2) is 0 Å². The van der Waals surface area contributed by atoms with Crippen LogP contribution in [0.3, 0.4) is 0 Å². The summed E-state index contributed by atoms with van der Waals surface area (Å²) in [5.41, 5.74) is 5.40. The second-order valence-electron chi connectivity index (χ2n) is 3.04. The largest absolute Gasteiger partial charge is 0.375 e. The smallest absolute Gasteiger partial charge is 0.265 e. The number of nitrogens with zero attached hydrogens (tertiary/aromatic N) is 1. The maximum Gasteiger partial charge on any atom is 0.265 e. The van der Waals surface area contributed by atoms with Crippen LogP contribution in [0.4, 0.5) is 5.69 Å². The maximum absolute atomic E-state index is 11.5. The molecule has 1 aromatic rings. The third kappa shape index (κ3) is 2.54. The zero-order valence-electron chi connectivity index (χ0n) is 8.25. The Morgan fingerprint density at radius 2 is 1.87 bits per heavy atom. The molecule has 0 bridgehead atoms. The Hall–Kier alpha value is -1.88. The highest BCUT2D eigenvalue weighted by molar-refractivity contribution is 6.09. The van der Waals surface area contributed by atoms with Gasteiger partial charge in [-0.3, -0.25) is 9.59 Å². The summed E-state index contributed by atoms with van der Waals surface area (Å²) in [6, 6.07) is 8.66. The second kappa shape index (κ2) is 4.56. The van der Waals surface area contributed by atoms with E-state index in [0.717, 1.165) is 0 Å². The molecule has 5 nitrogen and oxygen atoms in total. The Labute approximate surface area is 87.1 Å². The molecule has 0 aliphatic rings. The van der Waals surface area contributed by atoms with Crippen LogP contribution < -0.4 is 10.6 Å². The topological polar surface area (TPSA) is 83.6 Å². The standard InChI is InChI=1S/C10H12N2O3/c1-12(7-5-3-2-4-6-7)10(15)8(13)9(11)14/h2-6,8,13H,1H3,(H2,11,14). The summed E-state index contributed by atoms with van der Waals surface area (Å²) in [7, 11) is 1.46. The molecule has 0 aliphatic carbocycles. The molecule has 1 aromatic carbocycles. The highest BCUT2D eigenvalue weighted by Crippen LogP contribution is 2.11. The average Bonchev–Trinajstić information content (AvgIpc) is 2.27. The summed E-state index contributed by atoms with van der Waals surface area (Å²) in [6.07, 6.45) is -1.80. The minimum absolute atomic E-state index is 0.586. The van der Waals surface area contributed by atoms with Crippen LogP contribution >= 0.6 is 0 Å². The van der Waals surface area contributed by atoms with Crippen molar-refractivity contribution in [1.82, 2.24) is 0 Å². The lowest BCUT2D eigenvalue weighted by Crippen LogP contribution is -2.44. The molecule has 1 unspecified atom stereocenters. The summed E-state index contributed by atoms with van der Waals surface area (Å²) in [5, 5.41) is 9.16. The van der Waals surface area contributed by atoms with Gasteiger partial charge in [0.1, 0.15) is 0 Å². The molecule has 1 atom stereocenters. The summed E-state index contributed by atoms with van der Waals surface area (Å²) >= 11 is 0. The van der Waals surface area contributed by atoms with E-state index in [-0.39, 0.29) is 0 Å². The van der Waals surface area contributed by atoms with Crippen LogP contribution in [0.2, 0.25) is 0 Å². The van der Waals surface area contributed by atoms with E-state index in [1.165, 1.54) is 11.9 Å². The number of aliphatic hydroxyl groups is 1. The Balaban J connectivity index is 2.82. The van der Waals surface area contributed by atoms with Gasteiger partial charge < -0.3 is 15.7 Å². The van der Waals surface area contributed by atoms with E-state index in [4.69, 9.17) is 10.8 Å². The number of hydrogen-bond acceptors (Lipinski definition) is 3. The van der Waals surface area contributed by atoms with Crippen LogP contribution in [-0.2, 0) is 9.59 Å². The molecular weight excluding hydrogens is 196 g/mol. The van der Waals surface area contributed by atoms with E-state index >= 15 is 0 Å². The van der Waals surface area contributed by atoms with Gasteiger partial charge in [0.25, 0.3) is 11.8 Å². The van der Waals surface area contributed by atoms with E-state index < -0.39 is 17.9 Å². The number of primary amides is 1. The van der Waals surface area contributed by atoms with Gasteiger partial charge in [0.2, 0.25) is 6.10 Å². The Morgan fingerprint density at radius 3 is 2.33 bits per heavy atom. The fraction of sp³-hybridized carbons (Fsp3) is 0.200. The molecule has 3 N–H and O–H groups in total. The van der Waals surface area contributed by atoms with Crippen LogP contribution in [0.5, 0.6) is 0 Å². The number of carbonyl (C=O) groups is 2. The lowest BCUT2D eigenvalue weighted by atomic mass is 10.2. The van der Waals surface area contributed by atoms with E-state index in [0.29, 0.717) is 5.69 Å². The summed E-state index contributed by atoms with van der Waals surface area (Å²) in [4.78, 5) is 23.2. The number of anilines is 1. The van der Waals surface area contributed by atoms with E-state index in [9.17, 15) is 9.59 Å². The van der Waals surface area contributed by atoms with Crippen molar-refractivity contribution in [3.05, 3.63) is 30.3 Å². The number of amides is 2. The van der Waals surface area contributed by atoms with E-state index in [1.807, 2.05) is 0 Å². The summed E-state index contributed by atoms with van der Waals surface area (Å²) in [6.45, 7) is 0. The molecule has 5 heteroatoms. The number of rotatable bonds is 3. The van der Waals surface area contributed by atoms with Gasteiger partial charge >= 0.3 is 0 Å². The Morgan fingerprint density at radius 1 is 1.33 bits per heavy atom. The minimum Gasteiger partial charge on any atom is -0.375 e. The average molecular weight is 208 g/mol. The third-order valence-electron chi connectivity index (χ3n) is 1.98. The molecule has 15 heavy (non-hydrogen) atoms. The fourth-order valence-electron chi connectivity index (χ4n) is 1.08. The first kappa shape index (κ1) is 11.2. The normalized spacial score (nSPS) is 11.9. The number of likely N-dealkylation sites (N-methyl/N-ethyl adjacent to an activating group) is 1. The van der Waals surface area contributed by atoms with Crippen LogP contribution in [0.15, 0.2) is 30.3 Å². The lowest BCUT2D eigenvalue weighted by molar-refractivity contribution is -0.137. The SMILES string of the molecule is CN(C(=O)C(O)C(N)=O)c1ccccc1. The predicted molar refractivity (Wildman–Crippen MR) is 55.1 cm³/mol. The Bertz CT molecular complexity index is 364. The zero-order chi connectivity index (χ0) is 11.4. The van der Waals surface area contributed by atoms with Gasteiger partial charge in [-0.2, -0.15) is 0 Å². The lowest BCUT2D eigenvalue weighted by Gasteiger charge is -2.18. The van der Waals surface area contributed by atoms with Gasteiger partial charge in [-0.25, -0.2) is 0 Å². The van der Waals surface area contributed by atoms with Crippen LogP contribution in [0.25, 0.3) is 0 Å². The van der Waals surface area contributed by atoms with Crippen molar-refractivity contribution in [2.75, 3.05) is 11.9 Å². The highest BCUT2D eigenvalue weighted by atomic mass is 16.3. The molecule has 0 saturated heterocycles. The van der Waals surface area contributed by atoms with Gasteiger partial charge in [-0.1, -0.05) is 18.2 Å². The van der Waals surface area contributed by atoms with Crippen molar-refractivity contribution in [1.29, 1.82) is 0 Å². The number of hydrogen-bond donors (Lipinski definition) is 2. The number of carbonyl (C=O) groups excluding carboxylic acids is 2. The third-order valence-corrected chi connectivity index (χ3v) is 1.98. The first-order chi connectivity index (χ1) is 7.04. The van der Waals surface area contributed by atoms with Crippen LogP contribution in [0, 0.1) is 0 Å².